The summed E-state index contributed by atoms with van der Waals surface area (Å²) in [4.78, 5) is 78.8. The molecule has 1 aromatic heterocycles. The average molecular weight is 884 g/mol. The van der Waals surface area contributed by atoms with Crippen molar-refractivity contribution >= 4 is 23.7 Å². The molecule has 61 heavy (non-hydrogen) atoms. The van der Waals surface area contributed by atoms with E-state index in [9.17, 15) is 72.6 Å². The minimum absolute atomic E-state index is 0.0158. The largest absolute Gasteiger partial charge is 0.479 e. The van der Waals surface area contributed by atoms with Crippen LogP contribution in [-0.2, 0) is 38.1 Å². The highest BCUT2D eigenvalue weighted by Gasteiger charge is 2.52. The van der Waals surface area contributed by atoms with Crippen LogP contribution in [0.2, 0.25) is 0 Å². The second kappa shape index (κ2) is 20.9. The molecule has 3 amide bonds. The Hall–Kier alpha value is -4.05. The molecule has 25 heteroatoms. The van der Waals surface area contributed by atoms with Crippen molar-refractivity contribution in [2.75, 3.05) is 13.2 Å². The molecule has 22 nitrogen and oxygen atoms in total. The van der Waals surface area contributed by atoms with Gasteiger partial charge in [-0.1, -0.05) is 32.1 Å². The summed E-state index contributed by atoms with van der Waals surface area (Å²) < 4.78 is 69.0. The third-order valence-electron chi connectivity index (χ3n) is 11.2. The number of aliphatic hydroxyl groups is 5. The van der Waals surface area contributed by atoms with Gasteiger partial charge in [0.05, 0.1) is 31.4 Å². The number of aliphatic hydroxyl groups excluding tert-OH is 5. The van der Waals surface area contributed by atoms with Crippen molar-refractivity contribution in [2.45, 2.75) is 157 Å². The molecule has 8 unspecified atom stereocenters. The number of halogens is 3. The third kappa shape index (κ3) is 12.3. The van der Waals surface area contributed by atoms with Crippen molar-refractivity contribution < 1.29 is 86.7 Å². The van der Waals surface area contributed by atoms with E-state index in [1.54, 1.807) is 0 Å². The number of carbonyl (C=O) groups is 4. The number of alkyl halides is 3. The number of amides is 3. The lowest BCUT2D eigenvalue weighted by Gasteiger charge is -2.48. The van der Waals surface area contributed by atoms with Gasteiger partial charge in [0.2, 0.25) is 5.91 Å². The van der Waals surface area contributed by atoms with Gasteiger partial charge in [0.25, 0.3) is 11.5 Å². The number of aromatic amines is 2. The van der Waals surface area contributed by atoms with Gasteiger partial charge < -0.3 is 75.3 Å². The Labute approximate surface area is 344 Å². The van der Waals surface area contributed by atoms with Gasteiger partial charge in [-0.05, 0) is 38.5 Å². The lowest BCUT2D eigenvalue weighted by atomic mass is 9.85. The number of ether oxygens (including phenoxy) is 5. The van der Waals surface area contributed by atoms with Crippen molar-refractivity contribution in [3.63, 3.8) is 0 Å². The first-order valence-electron chi connectivity index (χ1n) is 19.9. The standard InChI is InChI=1S/C36H52F3N5O17/c1-14-24(48)26(50)27(51)33(57-14)61-28-16(41-30(52)17-11-21(46)44-35(56)42-17)8-5-9-18(28)59-32-23(43-22(47)12-40-34(55)36(37,38)39)29(25(49)20(13-45)60-32)58-19(31(53)54)10-15-6-3-2-4-7-15/h11,14-16,18-20,23-29,32-33,45,48-51H,2-10,12-13H2,1H3,(H,40,55)(H,41,52)(H,43,47)(H,53,54)(H2,42,44,46,56)/t14?,16?,18-,19+,20?,23?,24-,25+,26?,27?,28?,29?,32-,33+/m1/s1. The average Bonchev–Trinajstić information content (AvgIpc) is 3.20. The van der Waals surface area contributed by atoms with Crippen LogP contribution in [0.4, 0.5) is 13.2 Å². The number of hydrogen-bond acceptors (Lipinski definition) is 16. The molecule has 0 aromatic carbocycles. The molecule has 344 valence electrons. The van der Waals surface area contributed by atoms with Crippen LogP contribution in [-0.4, -0.2) is 169 Å². The fraction of sp³-hybridized carbons (Fsp3) is 0.778. The summed E-state index contributed by atoms with van der Waals surface area (Å²) in [5.74, 6) is -6.28. The molecule has 5 rings (SSSR count). The van der Waals surface area contributed by atoms with Crippen molar-refractivity contribution in [2.24, 2.45) is 5.92 Å². The van der Waals surface area contributed by atoms with Crippen LogP contribution >= 0.6 is 0 Å². The van der Waals surface area contributed by atoms with E-state index in [0.717, 1.165) is 25.3 Å². The Balaban J connectivity index is 1.49. The molecule has 4 aliphatic rings. The molecule has 2 aliphatic carbocycles. The van der Waals surface area contributed by atoms with Crippen molar-refractivity contribution in [1.29, 1.82) is 0 Å². The lowest BCUT2D eigenvalue weighted by Crippen LogP contribution is -2.68. The first-order chi connectivity index (χ1) is 28.8. The fourth-order valence-electron chi connectivity index (χ4n) is 8.03. The summed E-state index contributed by atoms with van der Waals surface area (Å²) in [6.07, 6.45) is -20.7. The van der Waals surface area contributed by atoms with Gasteiger partial charge in [-0.2, -0.15) is 13.2 Å². The van der Waals surface area contributed by atoms with Gasteiger partial charge >= 0.3 is 23.7 Å². The fourth-order valence-corrected chi connectivity index (χ4v) is 8.03. The highest BCUT2D eigenvalue weighted by molar-refractivity contribution is 5.92. The summed E-state index contributed by atoms with van der Waals surface area (Å²) in [6, 6.07) is -2.13. The highest BCUT2D eigenvalue weighted by atomic mass is 19.4. The normalized spacial score (nSPS) is 34.2. The highest BCUT2D eigenvalue weighted by Crippen LogP contribution is 2.35. The van der Waals surface area contributed by atoms with Crippen molar-refractivity contribution in [1.82, 2.24) is 25.9 Å². The second-order valence-electron chi connectivity index (χ2n) is 15.6. The topological polar surface area (TPSA) is 338 Å². The number of rotatable bonds is 15. The van der Waals surface area contributed by atoms with Gasteiger partial charge in [0.15, 0.2) is 18.7 Å². The van der Waals surface area contributed by atoms with E-state index in [0.29, 0.717) is 12.8 Å². The van der Waals surface area contributed by atoms with Gasteiger partial charge in [0.1, 0.15) is 54.5 Å². The molecule has 4 fully saturated rings. The van der Waals surface area contributed by atoms with E-state index in [4.69, 9.17) is 23.7 Å². The van der Waals surface area contributed by atoms with Crippen LogP contribution in [0, 0.1) is 5.92 Å². The quantitative estimate of drug-likeness (QED) is 0.0836. The Kier molecular flexibility index (Phi) is 16.4. The van der Waals surface area contributed by atoms with Crippen molar-refractivity contribution in [3.8, 4) is 0 Å². The number of hydrogen-bond donors (Lipinski definition) is 11. The molecular weight excluding hydrogens is 831 g/mol. The van der Waals surface area contributed by atoms with E-state index >= 15 is 0 Å². The Morgan fingerprint density at radius 3 is 2.21 bits per heavy atom. The van der Waals surface area contributed by atoms with E-state index in [-0.39, 0.29) is 31.6 Å². The zero-order valence-corrected chi connectivity index (χ0v) is 32.8. The molecule has 11 N–H and O–H groups in total. The van der Waals surface area contributed by atoms with Gasteiger partial charge in [-0.3, -0.25) is 24.2 Å². The molecule has 3 heterocycles. The molecule has 0 spiro atoms. The van der Waals surface area contributed by atoms with Crippen LogP contribution < -0.4 is 27.2 Å². The third-order valence-corrected chi connectivity index (χ3v) is 11.2. The van der Waals surface area contributed by atoms with Crippen molar-refractivity contribution in [3.05, 3.63) is 32.6 Å². The number of nitrogens with one attached hydrogen (secondary N) is 5. The number of H-pyrrole nitrogens is 2. The van der Waals surface area contributed by atoms with Crippen LogP contribution in [0.1, 0.15) is 75.2 Å². The Bertz CT molecular complexity index is 1770. The van der Waals surface area contributed by atoms with Crippen LogP contribution in [0.5, 0.6) is 0 Å². The summed E-state index contributed by atoms with van der Waals surface area (Å²) >= 11 is 0. The Morgan fingerprint density at radius 2 is 1.57 bits per heavy atom. The summed E-state index contributed by atoms with van der Waals surface area (Å²) in [7, 11) is 0. The van der Waals surface area contributed by atoms with E-state index in [1.165, 1.54) is 12.2 Å². The minimum atomic E-state index is -5.36. The molecule has 14 atom stereocenters. The van der Waals surface area contributed by atoms with Crippen LogP contribution in [0.3, 0.4) is 0 Å². The molecule has 2 saturated carbocycles. The number of carboxylic acids is 1. The maximum atomic E-state index is 13.4. The van der Waals surface area contributed by atoms with Crippen LogP contribution in [0.25, 0.3) is 0 Å². The predicted octanol–water partition coefficient (Wildman–Crippen LogP) is -3.01. The number of carboxylic acid groups (broad SMARTS) is 1. The summed E-state index contributed by atoms with van der Waals surface area (Å²) in [6.45, 7) is -0.830. The summed E-state index contributed by atoms with van der Waals surface area (Å²) in [5, 5.41) is 70.0. The molecule has 1 aromatic rings. The smallest absolute Gasteiger partial charge is 0.471 e. The predicted molar refractivity (Wildman–Crippen MR) is 195 cm³/mol. The first kappa shape index (κ1) is 48.0. The second-order valence-corrected chi connectivity index (χ2v) is 15.6. The lowest BCUT2D eigenvalue weighted by molar-refractivity contribution is -0.334. The maximum Gasteiger partial charge on any atom is 0.471 e. The summed E-state index contributed by atoms with van der Waals surface area (Å²) in [5.41, 5.74) is -2.38. The van der Waals surface area contributed by atoms with E-state index in [2.05, 4.69) is 15.6 Å². The number of carbonyl (C=O) groups excluding carboxylic acids is 3. The molecule has 0 radical (unpaired) electrons. The molecular formula is C36H52F3N5O17. The number of aliphatic carboxylic acids is 1. The zero-order chi connectivity index (χ0) is 44.8. The number of aromatic nitrogens is 2. The van der Waals surface area contributed by atoms with E-state index in [1.807, 2.05) is 4.98 Å². The molecule has 2 saturated heterocycles. The van der Waals surface area contributed by atoms with E-state index < -0.39 is 146 Å². The van der Waals surface area contributed by atoms with Gasteiger partial charge in [0, 0.05) is 6.07 Å². The SMILES string of the molecule is CC1O[C@@H](OC2C(NC(=O)c3cc(=O)[nH]c(=O)[nH]3)CCC[C@H]2O[C@@H]2OC(CO)[C@H](O)C(O[C@@H](CC3CCCCC3)C(=O)O)C2NC(=O)CNC(=O)C(F)(F)F)C(O)C(O)[C@@H]1O. The zero-order valence-electron chi connectivity index (χ0n) is 32.8. The monoisotopic (exact) mass is 883 g/mol. The molecule has 2 aliphatic heterocycles. The van der Waals surface area contributed by atoms with Crippen LogP contribution in [0.15, 0.2) is 15.7 Å². The maximum absolute atomic E-state index is 13.4. The minimum Gasteiger partial charge on any atom is -0.479 e. The Morgan fingerprint density at radius 1 is 0.869 bits per heavy atom. The van der Waals surface area contributed by atoms with Gasteiger partial charge in [-0.15, -0.1) is 0 Å². The first-order valence-corrected chi connectivity index (χ1v) is 19.9. The van der Waals surface area contributed by atoms with Gasteiger partial charge in [-0.25, -0.2) is 9.59 Å². The molecule has 0 bridgehead atoms.